The number of aryl methyl sites for hydroxylation is 2. The molecule has 1 saturated heterocycles. The van der Waals surface area contributed by atoms with Crippen LogP contribution in [-0.2, 0) is 26.0 Å². The van der Waals surface area contributed by atoms with Gasteiger partial charge in [-0.25, -0.2) is 14.5 Å². The van der Waals surface area contributed by atoms with Crippen LogP contribution in [0.1, 0.15) is 53.6 Å². The summed E-state index contributed by atoms with van der Waals surface area (Å²) in [4.78, 5) is 34.8. The van der Waals surface area contributed by atoms with E-state index in [1.807, 2.05) is 44.7 Å². The Morgan fingerprint density at radius 2 is 1.58 bits per heavy atom. The minimum absolute atomic E-state index is 0.0345. The molecule has 4 aromatic rings. The largest absolute Gasteiger partial charge is 0.416 e. The summed E-state index contributed by atoms with van der Waals surface area (Å²) in [6, 6.07) is 15.6. The van der Waals surface area contributed by atoms with Gasteiger partial charge in [-0.1, -0.05) is 44.5 Å². The molecule has 0 radical (unpaired) electrons. The molecule has 1 N–H and O–H groups in total. The van der Waals surface area contributed by atoms with Crippen molar-refractivity contribution in [2.24, 2.45) is 0 Å². The summed E-state index contributed by atoms with van der Waals surface area (Å²) in [5, 5.41) is 8.02. The van der Waals surface area contributed by atoms with Gasteiger partial charge in [0.2, 0.25) is 0 Å². The monoisotopic (exact) mass is 713 g/mol. The van der Waals surface area contributed by atoms with Gasteiger partial charge in [-0.2, -0.15) is 26.7 Å². The molecule has 0 atom stereocenters. The van der Waals surface area contributed by atoms with Crippen LogP contribution in [0.15, 0.2) is 66.7 Å². The highest BCUT2D eigenvalue weighted by molar-refractivity contribution is 7.86. The summed E-state index contributed by atoms with van der Waals surface area (Å²) < 4.78 is 70.9. The van der Waals surface area contributed by atoms with Gasteiger partial charge >= 0.3 is 12.2 Å². The lowest BCUT2D eigenvalue weighted by atomic mass is 9.92. The molecule has 16 heteroatoms. The normalized spacial score (nSPS) is 14.1. The van der Waals surface area contributed by atoms with E-state index >= 15 is 0 Å². The number of carbonyl (C=O) groups is 2. The standard InChI is InChI=1S/C34H38F3N7O5S/c1-22-10-12-26(13-11-22)43-30(21-28(40-43)33(3,4)5)44(49-50(6,47)48)32(46)39-27-14-15-29(38-23(27)2)41-16-18-42(19-17-41)31(45)24-8-7-9-25(20-24)34(35,36)37/h7-15,20-21H,16-19H2,1-6H3,(H,39,46). The maximum Gasteiger partial charge on any atom is 0.416 e. The molecule has 0 spiro atoms. The van der Waals surface area contributed by atoms with Crippen LogP contribution >= 0.6 is 0 Å². The van der Waals surface area contributed by atoms with Gasteiger partial charge in [-0.15, -0.1) is 9.35 Å². The highest BCUT2D eigenvalue weighted by Crippen LogP contribution is 2.32. The van der Waals surface area contributed by atoms with Crippen LogP contribution in [0.4, 0.5) is 35.3 Å². The minimum atomic E-state index is -4.55. The van der Waals surface area contributed by atoms with Gasteiger partial charge in [0.15, 0.2) is 5.82 Å². The summed E-state index contributed by atoms with van der Waals surface area (Å²) in [7, 11) is -4.19. The van der Waals surface area contributed by atoms with Crippen LogP contribution in [0.25, 0.3) is 5.69 Å². The van der Waals surface area contributed by atoms with Crippen molar-refractivity contribution in [3.8, 4) is 5.69 Å². The van der Waals surface area contributed by atoms with Crippen LogP contribution < -0.4 is 15.3 Å². The molecule has 3 heterocycles. The number of aromatic nitrogens is 3. The number of anilines is 3. The number of amides is 3. The molecule has 2 aromatic carbocycles. The van der Waals surface area contributed by atoms with Crippen molar-refractivity contribution in [2.75, 3.05) is 47.7 Å². The first kappa shape index (κ1) is 36.3. The molecule has 0 unspecified atom stereocenters. The number of pyridine rings is 1. The zero-order chi connectivity index (χ0) is 36.6. The second-order valence-electron chi connectivity index (χ2n) is 13.0. The molecule has 1 aliphatic heterocycles. The number of halogens is 3. The Bertz CT molecular complexity index is 2000. The molecule has 12 nitrogen and oxygen atoms in total. The van der Waals surface area contributed by atoms with Crippen molar-refractivity contribution in [2.45, 2.75) is 46.2 Å². The summed E-state index contributed by atoms with van der Waals surface area (Å²) in [5.41, 5.74) is 1.50. The third-order valence-corrected chi connectivity index (χ3v) is 8.40. The Morgan fingerprint density at radius 1 is 0.920 bits per heavy atom. The minimum Gasteiger partial charge on any atom is -0.353 e. The molecule has 0 saturated carbocycles. The zero-order valence-corrected chi connectivity index (χ0v) is 29.3. The number of benzene rings is 2. The number of piperazine rings is 1. The Kier molecular flexibility index (Phi) is 9.99. The SMILES string of the molecule is Cc1ccc(-n2nc(C(C)(C)C)cc2N(OS(C)(=O)=O)C(=O)Nc2ccc(N3CCN(C(=O)c4cccc(C(F)(F)F)c4)CC3)nc2C)cc1. The molecular weight excluding hydrogens is 675 g/mol. The third kappa shape index (κ3) is 8.42. The fourth-order valence-corrected chi connectivity index (χ4v) is 5.66. The third-order valence-electron chi connectivity index (χ3n) is 7.98. The van der Waals surface area contributed by atoms with Crippen molar-refractivity contribution in [3.63, 3.8) is 0 Å². The maximum atomic E-state index is 13.8. The molecular formula is C34H38F3N7O5S. The number of hydrogen-bond acceptors (Lipinski definition) is 8. The fourth-order valence-electron chi connectivity index (χ4n) is 5.24. The average molecular weight is 714 g/mol. The quantitative estimate of drug-likeness (QED) is 0.228. The van der Waals surface area contributed by atoms with E-state index in [1.165, 1.54) is 21.7 Å². The number of rotatable bonds is 7. The van der Waals surface area contributed by atoms with Crippen LogP contribution in [0, 0.1) is 13.8 Å². The molecule has 0 aliphatic carbocycles. The van der Waals surface area contributed by atoms with Gasteiger partial charge in [-0.05, 0) is 56.3 Å². The number of hydroxylamine groups is 1. The molecule has 50 heavy (non-hydrogen) atoms. The molecule has 5 rings (SSSR count). The average Bonchev–Trinajstić information content (AvgIpc) is 3.50. The predicted molar refractivity (Wildman–Crippen MR) is 183 cm³/mol. The molecule has 1 fully saturated rings. The van der Waals surface area contributed by atoms with Crippen LogP contribution in [0.3, 0.4) is 0 Å². The van der Waals surface area contributed by atoms with E-state index < -0.39 is 39.2 Å². The summed E-state index contributed by atoms with van der Waals surface area (Å²) in [6.07, 6.45) is -3.72. The number of hydrogen-bond donors (Lipinski definition) is 1. The van der Waals surface area contributed by atoms with E-state index in [9.17, 15) is 31.2 Å². The predicted octanol–water partition coefficient (Wildman–Crippen LogP) is 6.09. The van der Waals surface area contributed by atoms with Crippen LogP contribution in [-0.4, -0.2) is 72.5 Å². The van der Waals surface area contributed by atoms with E-state index in [1.54, 1.807) is 37.3 Å². The topological polar surface area (TPSA) is 130 Å². The van der Waals surface area contributed by atoms with E-state index in [2.05, 4.69) is 15.4 Å². The van der Waals surface area contributed by atoms with Crippen molar-refractivity contribution < 1.29 is 35.5 Å². The van der Waals surface area contributed by atoms with Gasteiger partial charge in [0.05, 0.1) is 34.6 Å². The second kappa shape index (κ2) is 13.7. The number of urea groups is 1. The summed E-state index contributed by atoms with van der Waals surface area (Å²) in [6.45, 7) is 10.7. The van der Waals surface area contributed by atoms with Crippen LogP contribution in [0.2, 0.25) is 0 Å². The number of carbonyl (C=O) groups excluding carboxylic acids is 2. The molecule has 0 bridgehead atoms. The maximum absolute atomic E-state index is 13.8. The number of nitrogens with zero attached hydrogens (tertiary/aromatic N) is 6. The number of nitrogens with one attached hydrogen (secondary N) is 1. The first-order valence-corrected chi connectivity index (χ1v) is 17.5. The van der Waals surface area contributed by atoms with E-state index in [4.69, 9.17) is 4.28 Å². The Labute approximate surface area is 288 Å². The van der Waals surface area contributed by atoms with E-state index in [0.717, 1.165) is 24.0 Å². The van der Waals surface area contributed by atoms with Crippen molar-refractivity contribution >= 4 is 39.4 Å². The highest BCUT2D eigenvalue weighted by atomic mass is 32.2. The van der Waals surface area contributed by atoms with Crippen molar-refractivity contribution in [3.05, 3.63) is 94.8 Å². The molecule has 1 aliphatic rings. The van der Waals surface area contributed by atoms with Gasteiger partial charge in [0.25, 0.3) is 16.0 Å². The second-order valence-corrected chi connectivity index (χ2v) is 14.6. The molecule has 3 amide bonds. The smallest absolute Gasteiger partial charge is 0.353 e. The van der Waals surface area contributed by atoms with Crippen molar-refractivity contribution in [1.29, 1.82) is 0 Å². The van der Waals surface area contributed by atoms with Gasteiger partial charge in [-0.3, -0.25) is 4.79 Å². The lowest BCUT2D eigenvalue weighted by Gasteiger charge is -2.35. The lowest BCUT2D eigenvalue weighted by molar-refractivity contribution is -0.137. The zero-order valence-electron chi connectivity index (χ0n) is 28.4. The highest BCUT2D eigenvalue weighted by Gasteiger charge is 2.33. The Morgan fingerprint density at radius 3 is 2.16 bits per heavy atom. The van der Waals surface area contributed by atoms with Gasteiger partial charge in [0.1, 0.15) is 5.82 Å². The fraction of sp³-hybridized carbons (Fsp3) is 0.353. The van der Waals surface area contributed by atoms with Crippen molar-refractivity contribution in [1.82, 2.24) is 19.7 Å². The first-order valence-electron chi connectivity index (χ1n) is 15.7. The summed E-state index contributed by atoms with van der Waals surface area (Å²) >= 11 is 0. The summed E-state index contributed by atoms with van der Waals surface area (Å²) in [5.74, 6) is 0.127. The van der Waals surface area contributed by atoms with Gasteiger partial charge in [0, 0.05) is 43.2 Å². The molecule has 2 aromatic heterocycles. The van der Waals surface area contributed by atoms with E-state index in [0.29, 0.717) is 41.0 Å². The van der Waals surface area contributed by atoms with Gasteiger partial charge < -0.3 is 15.1 Å². The lowest BCUT2D eigenvalue weighted by Crippen LogP contribution is -2.49. The van der Waals surface area contributed by atoms with Crippen LogP contribution in [0.5, 0.6) is 0 Å². The Balaban J connectivity index is 1.34. The number of alkyl halides is 3. The first-order chi connectivity index (χ1) is 23.3. The molecule has 266 valence electrons. The van der Waals surface area contributed by atoms with E-state index in [-0.39, 0.29) is 30.2 Å². The Hall–Kier alpha value is -4.96.